The molecule has 2 aromatic heterocycles. The van der Waals surface area contributed by atoms with Gasteiger partial charge in [0.1, 0.15) is 6.61 Å². The number of nitrogens with zero attached hydrogens (tertiary/aromatic N) is 2. The van der Waals surface area contributed by atoms with Crippen molar-refractivity contribution in [1.29, 1.82) is 0 Å². The first-order valence-electron chi connectivity index (χ1n) is 5.95. The number of rotatable bonds is 2. The summed E-state index contributed by atoms with van der Waals surface area (Å²) in [5, 5.41) is 16.3. The lowest BCUT2D eigenvalue weighted by Gasteiger charge is -2.02. The molecule has 0 aliphatic carbocycles. The first kappa shape index (κ1) is 12.0. The van der Waals surface area contributed by atoms with Crippen LogP contribution in [0.2, 0.25) is 0 Å². The molecule has 0 saturated heterocycles. The van der Waals surface area contributed by atoms with Gasteiger partial charge in [-0.15, -0.1) is 11.3 Å². The molecule has 0 aliphatic rings. The molecule has 2 heterocycles. The van der Waals surface area contributed by atoms with E-state index in [0.717, 1.165) is 21.3 Å². The third-order valence-corrected chi connectivity index (χ3v) is 3.80. The van der Waals surface area contributed by atoms with E-state index < -0.39 is 0 Å². The number of benzene rings is 1. The molecule has 3 nitrogen and oxygen atoms in total. The van der Waals surface area contributed by atoms with E-state index in [1.807, 2.05) is 34.5 Å². The maximum absolute atomic E-state index is 8.77. The highest BCUT2D eigenvalue weighted by Gasteiger charge is 2.06. The van der Waals surface area contributed by atoms with Gasteiger partial charge in [0.2, 0.25) is 0 Å². The minimum atomic E-state index is -0.111. The molecule has 0 radical (unpaired) electrons. The predicted molar refractivity (Wildman–Crippen MR) is 77.1 cm³/mol. The Bertz CT molecular complexity index is 761. The Kier molecular flexibility index (Phi) is 3.32. The van der Waals surface area contributed by atoms with Crippen LogP contribution in [0.1, 0.15) is 10.4 Å². The molecule has 0 aliphatic heterocycles. The third kappa shape index (κ3) is 2.39. The number of aliphatic hydroxyl groups is 1. The lowest BCUT2D eigenvalue weighted by atomic mass is 10.2. The molecular formula is C15H12N2OS. The Labute approximate surface area is 115 Å². The molecule has 1 aromatic carbocycles. The van der Waals surface area contributed by atoms with Crippen LogP contribution in [0.4, 0.5) is 0 Å². The second kappa shape index (κ2) is 5.27. The number of hydrogen-bond acceptors (Lipinski definition) is 3. The Morgan fingerprint density at radius 1 is 1.26 bits per heavy atom. The van der Waals surface area contributed by atoms with Crippen LogP contribution in [-0.2, 0) is 6.54 Å². The van der Waals surface area contributed by atoms with Gasteiger partial charge in [-0.05, 0) is 17.5 Å². The van der Waals surface area contributed by atoms with Gasteiger partial charge in [-0.1, -0.05) is 30.0 Å². The topological polar surface area (TPSA) is 38.0 Å². The number of hydrogen-bond donors (Lipinski definition) is 1. The van der Waals surface area contributed by atoms with E-state index in [0.29, 0.717) is 6.54 Å². The second-order valence-corrected chi connectivity index (χ2v) is 5.08. The molecular weight excluding hydrogens is 256 g/mol. The molecule has 19 heavy (non-hydrogen) atoms. The van der Waals surface area contributed by atoms with Gasteiger partial charge in [0.15, 0.2) is 0 Å². The summed E-state index contributed by atoms with van der Waals surface area (Å²) in [7, 11) is 0. The summed E-state index contributed by atoms with van der Waals surface area (Å²) in [6.45, 7) is 0.598. The average molecular weight is 268 g/mol. The van der Waals surface area contributed by atoms with E-state index in [-0.39, 0.29) is 6.61 Å². The van der Waals surface area contributed by atoms with Crippen LogP contribution in [0.25, 0.3) is 10.9 Å². The quantitative estimate of drug-likeness (QED) is 0.725. The van der Waals surface area contributed by atoms with E-state index in [4.69, 9.17) is 5.11 Å². The van der Waals surface area contributed by atoms with Gasteiger partial charge in [-0.3, -0.25) is 4.68 Å². The molecule has 0 spiro atoms. The Hall–Kier alpha value is -2.09. The molecule has 0 saturated carbocycles. The maximum atomic E-state index is 8.77. The van der Waals surface area contributed by atoms with Gasteiger partial charge in [0, 0.05) is 15.8 Å². The largest absolute Gasteiger partial charge is 0.384 e. The van der Waals surface area contributed by atoms with Gasteiger partial charge in [-0.2, -0.15) is 5.10 Å². The highest BCUT2D eigenvalue weighted by atomic mass is 32.1. The van der Waals surface area contributed by atoms with Crippen LogP contribution in [0.5, 0.6) is 0 Å². The van der Waals surface area contributed by atoms with Crippen molar-refractivity contribution in [2.75, 3.05) is 6.61 Å². The minimum absolute atomic E-state index is 0.111. The first-order valence-corrected chi connectivity index (χ1v) is 6.83. The molecule has 94 valence electrons. The van der Waals surface area contributed by atoms with Gasteiger partial charge in [0.05, 0.1) is 18.3 Å². The van der Waals surface area contributed by atoms with Gasteiger partial charge >= 0.3 is 0 Å². The number of fused-ring (bicyclic) bond motifs is 1. The molecule has 0 amide bonds. The molecule has 0 atom stereocenters. The Balaban J connectivity index is 1.95. The summed E-state index contributed by atoms with van der Waals surface area (Å²) in [6, 6.07) is 10.1. The van der Waals surface area contributed by atoms with Gasteiger partial charge in [0.25, 0.3) is 0 Å². The SMILES string of the molecule is OCC#Cc1ccsc1Cn1ncc2ccccc21. The zero-order chi connectivity index (χ0) is 13.1. The Morgan fingerprint density at radius 2 is 2.16 bits per heavy atom. The van der Waals surface area contributed by atoms with Crippen LogP contribution >= 0.6 is 11.3 Å². The predicted octanol–water partition coefficient (Wildman–Crippen LogP) is 2.49. The monoisotopic (exact) mass is 268 g/mol. The molecule has 3 rings (SSSR count). The van der Waals surface area contributed by atoms with Crippen LogP contribution < -0.4 is 0 Å². The fraction of sp³-hybridized carbons (Fsp3) is 0.133. The summed E-state index contributed by atoms with van der Waals surface area (Å²) < 4.78 is 1.98. The van der Waals surface area contributed by atoms with E-state index in [2.05, 4.69) is 29.1 Å². The summed E-state index contributed by atoms with van der Waals surface area (Å²) >= 11 is 1.66. The van der Waals surface area contributed by atoms with E-state index in [1.54, 1.807) is 11.3 Å². The van der Waals surface area contributed by atoms with Crippen molar-refractivity contribution in [3.8, 4) is 11.8 Å². The maximum Gasteiger partial charge on any atom is 0.104 e. The van der Waals surface area contributed by atoms with Gasteiger partial charge in [-0.25, -0.2) is 0 Å². The van der Waals surface area contributed by atoms with E-state index >= 15 is 0 Å². The van der Waals surface area contributed by atoms with Crippen molar-refractivity contribution in [2.24, 2.45) is 0 Å². The van der Waals surface area contributed by atoms with Crippen molar-refractivity contribution in [2.45, 2.75) is 6.54 Å². The number of thiophene rings is 1. The molecule has 4 heteroatoms. The van der Waals surface area contributed by atoms with Crippen molar-refractivity contribution in [3.63, 3.8) is 0 Å². The van der Waals surface area contributed by atoms with E-state index in [1.165, 1.54) is 0 Å². The van der Waals surface area contributed by atoms with E-state index in [9.17, 15) is 0 Å². The van der Waals surface area contributed by atoms with Crippen molar-refractivity contribution in [3.05, 3.63) is 52.3 Å². The summed E-state index contributed by atoms with van der Waals surface area (Å²) in [5.74, 6) is 5.66. The number of para-hydroxylation sites is 1. The highest BCUT2D eigenvalue weighted by molar-refractivity contribution is 7.10. The average Bonchev–Trinajstić information content (AvgIpc) is 3.05. The number of aromatic nitrogens is 2. The first-order chi connectivity index (χ1) is 9.38. The molecule has 0 unspecified atom stereocenters. The molecule has 0 bridgehead atoms. The molecule has 3 aromatic rings. The van der Waals surface area contributed by atoms with Crippen LogP contribution in [0.15, 0.2) is 41.9 Å². The standard InChI is InChI=1S/C15H12N2OS/c18-8-3-5-12-7-9-19-15(12)11-17-14-6-2-1-4-13(14)10-16-17/h1-2,4,6-7,9-10,18H,8,11H2. The fourth-order valence-corrected chi connectivity index (χ4v) is 2.81. The zero-order valence-electron chi connectivity index (χ0n) is 10.2. The van der Waals surface area contributed by atoms with Crippen molar-refractivity contribution < 1.29 is 5.11 Å². The van der Waals surface area contributed by atoms with Crippen molar-refractivity contribution >= 4 is 22.2 Å². The number of aliphatic hydroxyl groups excluding tert-OH is 1. The molecule has 1 N–H and O–H groups in total. The van der Waals surface area contributed by atoms with Crippen LogP contribution in [0.3, 0.4) is 0 Å². The lowest BCUT2D eigenvalue weighted by Crippen LogP contribution is -2.00. The summed E-state index contributed by atoms with van der Waals surface area (Å²) in [4.78, 5) is 1.16. The fourth-order valence-electron chi connectivity index (χ4n) is 2.00. The third-order valence-electron chi connectivity index (χ3n) is 2.89. The smallest absolute Gasteiger partial charge is 0.104 e. The highest BCUT2D eigenvalue weighted by Crippen LogP contribution is 2.20. The zero-order valence-corrected chi connectivity index (χ0v) is 11.0. The summed E-state index contributed by atoms with van der Waals surface area (Å²) in [5.41, 5.74) is 2.09. The van der Waals surface area contributed by atoms with Gasteiger partial charge < -0.3 is 5.11 Å². The Morgan fingerprint density at radius 3 is 3.05 bits per heavy atom. The van der Waals surface area contributed by atoms with Crippen molar-refractivity contribution in [1.82, 2.24) is 9.78 Å². The minimum Gasteiger partial charge on any atom is -0.384 e. The summed E-state index contributed by atoms with van der Waals surface area (Å²) in [6.07, 6.45) is 1.88. The normalized spacial score (nSPS) is 10.4. The van der Waals surface area contributed by atoms with Crippen LogP contribution in [0, 0.1) is 11.8 Å². The molecule has 0 fully saturated rings. The van der Waals surface area contributed by atoms with Crippen LogP contribution in [-0.4, -0.2) is 21.5 Å². The second-order valence-electron chi connectivity index (χ2n) is 4.08. The lowest BCUT2D eigenvalue weighted by molar-refractivity contribution is 0.350.